The van der Waals surface area contributed by atoms with Gasteiger partial charge in [-0.15, -0.1) is 0 Å². The number of methoxy groups -OCH3 is 1. The number of rotatable bonds is 4. The van der Waals surface area contributed by atoms with Crippen LogP contribution in [0.15, 0.2) is 18.2 Å². The van der Waals surface area contributed by atoms with Crippen LogP contribution in [-0.4, -0.2) is 29.7 Å². The fraction of sp³-hybridized carbons (Fsp3) is 0.562. The van der Waals surface area contributed by atoms with Crippen LogP contribution in [0.5, 0.6) is 5.75 Å². The maximum absolute atomic E-state index is 12.3. The van der Waals surface area contributed by atoms with Crippen LogP contribution < -0.4 is 10.5 Å². The Morgan fingerprint density at radius 3 is 2.38 bits per heavy atom. The number of carbonyl (C=O) groups excluding carboxylic acids is 1. The van der Waals surface area contributed by atoms with Gasteiger partial charge in [0.25, 0.3) is 0 Å². The molecular formula is C16H26N2O3. The molecular weight excluding hydrogens is 268 g/mol. The first-order chi connectivity index (χ1) is 9.64. The number of ether oxygens (including phenoxy) is 2. The van der Waals surface area contributed by atoms with Gasteiger partial charge < -0.3 is 20.1 Å². The molecule has 1 rings (SSSR count). The molecule has 0 saturated carbocycles. The van der Waals surface area contributed by atoms with Gasteiger partial charge in [0.15, 0.2) is 0 Å². The quantitative estimate of drug-likeness (QED) is 0.864. The van der Waals surface area contributed by atoms with Crippen molar-refractivity contribution < 1.29 is 14.3 Å². The van der Waals surface area contributed by atoms with Gasteiger partial charge in [-0.1, -0.05) is 6.07 Å². The van der Waals surface area contributed by atoms with E-state index in [1.807, 2.05) is 46.8 Å². The van der Waals surface area contributed by atoms with Crippen LogP contribution in [-0.2, 0) is 11.3 Å². The van der Waals surface area contributed by atoms with Crippen molar-refractivity contribution in [2.45, 2.75) is 52.8 Å². The standard InChI is InChI=1S/C16H26N2O3/c1-11(2)18(15(19)21-16(3,4)5)10-12-7-8-14(20-6)13(17)9-12/h7-9,11H,10,17H2,1-6H3. The van der Waals surface area contributed by atoms with Gasteiger partial charge in [-0.05, 0) is 52.3 Å². The van der Waals surface area contributed by atoms with E-state index in [-0.39, 0.29) is 12.1 Å². The molecule has 1 aromatic rings. The van der Waals surface area contributed by atoms with Gasteiger partial charge in [0.05, 0.1) is 12.8 Å². The summed E-state index contributed by atoms with van der Waals surface area (Å²) in [5, 5.41) is 0. The number of carbonyl (C=O) groups is 1. The van der Waals surface area contributed by atoms with Crippen LogP contribution in [0.1, 0.15) is 40.2 Å². The maximum atomic E-state index is 12.3. The molecule has 0 aliphatic rings. The zero-order chi connectivity index (χ0) is 16.2. The third kappa shape index (κ3) is 5.17. The van der Waals surface area contributed by atoms with Crippen molar-refractivity contribution in [3.63, 3.8) is 0 Å². The lowest BCUT2D eigenvalue weighted by atomic mass is 10.1. The summed E-state index contributed by atoms with van der Waals surface area (Å²) in [6.45, 7) is 9.92. The molecule has 0 fully saturated rings. The maximum Gasteiger partial charge on any atom is 0.410 e. The van der Waals surface area contributed by atoms with Gasteiger partial charge >= 0.3 is 6.09 Å². The summed E-state index contributed by atoms with van der Waals surface area (Å²) in [7, 11) is 1.58. The van der Waals surface area contributed by atoms with E-state index in [1.54, 1.807) is 18.1 Å². The Morgan fingerprint density at radius 1 is 1.33 bits per heavy atom. The van der Waals surface area contributed by atoms with E-state index < -0.39 is 5.60 Å². The smallest absolute Gasteiger partial charge is 0.410 e. The van der Waals surface area contributed by atoms with E-state index >= 15 is 0 Å². The summed E-state index contributed by atoms with van der Waals surface area (Å²) in [4.78, 5) is 13.9. The summed E-state index contributed by atoms with van der Waals surface area (Å²) >= 11 is 0. The molecule has 0 unspecified atom stereocenters. The molecule has 0 bridgehead atoms. The highest BCUT2D eigenvalue weighted by atomic mass is 16.6. The van der Waals surface area contributed by atoms with Crippen LogP contribution in [0, 0.1) is 0 Å². The van der Waals surface area contributed by atoms with Gasteiger partial charge in [0.1, 0.15) is 11.4 Å². The average Bonchev–Trinajstić information content (AvgIpc) is 2.33. The van der Waals surface area contributed by atoms with Crippen molar-refractivity contribution in [2.75, 3.05) is 12.8 Å². The zero-order valence-electron chi connectivity index (χ0n) is 13.8. The molecule has 1 aromatic carbocycles. The monoisotopic (exact) mass is 294 g/mol. The fourth-order valence-corrected chi connectivity index (χ4v) is 1.86. The molecule has 0 aliphatic carbocycles. The van der Waals surface area contributed by atoms with Crippen molar-refractivity contribution in [1.82, 2.24) is 4.90 Å². The molecule has 118 valence electrons. The normalized spacial score (nSPS) is 11.4. The molecule has 1 amide bonds. The third-order valence-corrected chi connectivity index (χ3v) is 2.90. The van der Waals surface area contributed by atoms with Crippen molar-refractivity contribution in [2.24, 2.45) is 0 Å². The Bertz CT molecular complexity index is 493. The molecule has 0 aliphatic heterocycles. The summed E-state index contributed by atoms with van der Waals surface area (Å²) in [5.74, 6) is 0.632. The van der Waals surface area contributed by atoms with E-state index in [2.05, 4.69) is 0 Å². The lowest BCUT2D eigenvalue weighted by molar-refractivity contribution is 0.0172. The molecule has 0 radical (unpaired) electrons. The van der Waals surface area contributed by atoms with Gasteiger partial charge in [-0.25, -0.2) is 4.79 Å². The molecule has 21 heavy (non-hydrogen) atoms. The van der Waals surface area contributed by atoms with Crippen LogP contribution in [0.4, 0.5) is 10.5 Å². The summed E-state index contributed by atoms with van der Waals surface area (Å²) in [6.07, 6.45) is -0.327. The highest BCUT2D eigenvalue weighted by Crippen LogP contribution is 2.23. The molecule has 0 heterocycles. The predicted molar refractivity (Wildman–Crippen MR) is 84.3 cm³/mol. The Labute approximate surface area is 127 Å². The van der Waals surface area contributed by atoms with Crippen molar-refractivity contribution >= 4 is 11.8 Å². The van der Waals surface area contributed by atoms with Gasteiger partial charge in [-0.2, -0.15) is 0 Å². The third-order valence-electron chi connectivity index (χ3n) is 2.90. The molecule has 0 saturated heterocycles. The Kier molecular flexibility index (Phi) is 5.47. The van der Waals surface area contributed by atoms with Crippen molar-refractivity contribution in [1.29, 1.82) is 0 Å². The minimum atomic E-state index is -0.511. The Balaban J connectivity index is 2.88. The van der Waals surface area contributed by atoms with Crippen LogP contribution in [0.25, 0.3) is 0 Å². The number of nitrogen functional groups attached to an aromatic ring is 1. The molecule has 0 spiro atoms. The second kappa shape index (κ2) is 6.70. The fourth-order valence-electron chi connectivity index (χ4n) is 1.86. The first-order valence-corrected chi connectivity index (χ1v) is 7.06. The average molecular weight is 294 g/mol. The second-order valence-corrected chi connectivity index (χ2v) is 6.28. The lowest BCUT2D eigenvalue weighted by Gasteiger charge is -2.30. The second-order valence-electron chi connectivity index (χ2n) is 6.28. The summed E-state index contributed by atoms with van der Waals surface area (Å²) < 4.78 is 10.6. The summed E-state index contributed by atoms with van der Waals surface area (Å²) in [5.41, 5.74) is 6.89. The van der Waals surface area contributed by atoms with E-state index in [9.17, 15) is 4.79 Å². The molecule has 0 aromatic heterocycles. The molecule has 0 atom stereocenters. The van der Waals surface area contributed by atoms with Gasteiger partial charge in [0, 0.05) is 12.6 Å². The lowest BCUT2D eigenvalue weighted by Crippen LogP contribution is -2.40. The SMILES string of the molecule is COc1ccc(CN(C(=O)OC(C)(C)C)C(C)C)cc1N. The van der Waals surface area contributed by atoms with Crippen molar-refractivity contribution in [3.8, 4) is 5.75 Å². The van der Waals surface area contributed by atoms with Gasteiger partial charge in [-0.3, -0.25) is 0 Å². The van der Waals surface area contributed by atoms with E-state index in [0.717, 1.165) is 5.56 Å². The Hall–Kier alpha value is -1.91. The summed E-state index contributed by atoms with van der Waals surface area (Å²) in [6, 6.07) is 5.55. The minimum absolute atomic E-state index is 0.0307. The topological polar surface area (TPSA) is 64.8 Å². The Morgan fingerprint density at radius 2 is 1.95 bits per heavy atom. The number of nitrogens with zero attached hydrogens (tertiary/aromatic N) is 1. The largest absolute Gasteiger partial charge is 0.495 e. The number of anilines is 1. The van der Waals surface area contributed by atoms with Gasteiger partial charge in [0.2, 0.25) is 0 Å². The number of hydrogen-bond acceptors (Lipinski definition) is 4. The first-order valence-electron chi connectivity index (χ1n) is 7.06. The molecule has 5 heteroatoms. The van der Waals surface area contributed by atoms with Crippen LogP contribution in [0.2, 0.25) is 0 Å². The van der Waals surface area contributed by atoms with Crippen LogP contribution in [0.3, 0.4) is 0 Å². The minimum Gasteiger partial charge on any atom is -0.495 e. The number of hydrogen-bond donors (Lipinski definition) is 1. The first kappa shape index (κ1) is 17.1. The molecule has 5 nitrogen and oxygen atoms in total. The van der Waals surface area contributed by atoms with Crippen LogP contribution >= 0.6 is 0 Å². The number of nitrogens with two attached hydrogens (primary N) is 1. The van der Waals surface area contributed by atoms with E-state index in [1.165, 1.54) is 0 Å². The predicted octanol–water partition coefficient (Wildman–Crippen LogP) is 3.42. The van der Waals surface area contributed by atoms with E-state index in [4.69, 9.17) is 15.2 Å². The molecule has 2 N–H and O–H groups in total. The highest BCUT2D eigenvalue weighted by Gasteiger charge is 2.24. The highest BCUT2D eigenvalue weighted by molar-refractivity contribution is 5.68. The number of benzene rings is 1. The van der Waals surface area contributed by atoms with E-state index in [0.29, 0.717) is 18.0 Å². The zero-order valence-corrected chi connectivity index (χ0v) is 13.8. The van der Waals surface area contributed by atoms with Crippen molar-refractivity contribution in [3.05, 3.63) is 23.8 Å². The number of amides is 1.